The van der Waals surface area contributed by atoms with Gasteiger partial charge in [0.2, 0.25) is 0 Å². The smallest absolute Gasteiger partial charge is 0.167 e. The molecule has 0 bridgehead atoms. The lowest BCUT2D eigenvalue weighted by Crippen LogP contribution is -2.20. The van der Waals surface area contributed by atoms with Crippen LogP contribution in [0.4, 0.5) is 0 Å². The third-order valence-corrected chi connectivity index (χ3v) is 2.60. The van der Waals surface area contributed by atoms with Gasteiger partial charge >= 0.3 is 0 Å². The summed E-state index contributed by atoms with van der Waals surface area (Å²) in [5.74, 6) is 1.27. The minimum Gasteiger partial charge on any atom is -0.387 e. The Bertz CT molecular complexity index is 331. The summed E-state index contributed by atoms with van der Waals surface area (Å²) < 4.78 is 7.31. The SMILES string of the molecule is NC(=S)c1nccn1CC1CCOC1. The van der Waals surface area contributed by atoms with Gasteiger partial charge in [-0.3, -0.25) is 0 Å². The molecule has 14 heavy (non-hydrogen) atoms. The van der Waals surface area contributed by atoms with E-state index in [-0.39, 0.29) is 0 Å². The molecule has 1 atom stereocenters. The van der Waals surface area contributed by atoms with Gasteiger partial charge in [-0.2, -0.15) is 0 Å². The number of ether oxygens (including phenoxy) is 1. The van der Waals surface area contributed by atoms with Crippen LogP contribution in [0.25, 0.3) is 0 Å². The molecule has 1 fully saturated rings. The second kappa shape index (κ2) is 4.06. The molecule has 0 aromatic carbocycles. The summed E-state index contributed by atoms with van der Waals surface area (Å²) in [6.45, 7) is 2.59. The first-order valence-corrected chi connectivity index (χ1v) is 5.07. The summed E-state index contributed by atoms with van der Waals surface area (Å²) >= 11 is 4.91. The number of nitrogens with zero attached hydrogens (tertiary/aromatic N) is 2. The van der Waals surface area contributed by atoms with E-state index >= 15 is 0 Å². The first-order valence-electron chi connectivity index (χ1n) is 4.66. The Hall–Kier alpha value is -0.940. The van der Waals surface area contributed by atoms with Crippen molar-refractivity contribution in [2.45, 2.75) is 13.0 Å². The van der Waals surface area contributed by atoms with Gasteiger partial charge in [-0.05, 0) is 6.42 Å². The Kier molecular flexibility index (Phi) is 2.79. The number of nitrogens with two attached hydrogens (primary N) is 1. The molecule has 0 radical (unpaired) electrons. The van der Waals surface area contributed by atoms with Gasteiger partial charge in [0.25, 0.3) is 0 Å². The van der Waals surface area contributed by atoms with E-state index in [1.54, 1.807) is 6.20 Å². The van der Waals surface area contributed by atoms with Crippen molar-refractivity contribution in [1.82, 2.24) is 9.55 Å². The highest BCUT2D eigenvalue weighted by atomic mass is 32.1. The second-order valence-electron chi connectivity index (χ2n) is 3.50. The van der Waals surface area contributed by atoms with Gasteiger partial charge in [-0.1, -0.05) is 12.2 Å². The Morgan fingerprint density at radius 1 is 1.79 bits per heavy atom. The highest BCUT2D eigenvalue weighted by Crippen LogP contribution is 2.15. The van der Waals surface area contributed by atoms with Gasteiger partial charge in [0.15, 0.2) is 5.82 Å². The molecule has 1 aromatic rings. The molecule has 1 aliphatic rings. The third kappa shape index (κ3) is 1.93. The number of aromatic nitrogens is 2. The number of hydrogen-bond donors (Lipinski definition) is 1. The fourth-order valence-corrected chi connectivity index (χ4v) is 1.86. The molecule has 0 amide bonds. The summed E-state index contributed by atoms with van der Waals surface area (Å²) in [5.41, 5.74) is 5.55. The Morgan fingerprint density at radius 2 is 2.64 bits per heavy atom. The van der Waals surface area contributed by atoms with Crippen LogP contribution in [0.15, 0.2) is 12.4 Å². The van der Waals surface area contributed by atoms with E-state index in [0.717, 1.165) is 26.2 Å². The summed E-state index contributed by atoms with van der Waals surface area (Å²) in [7, 11) is 0. The largest absolute Gasteiger partial charge is 0.387 e. The highest BCUT2D eigenvalue weighted by molar-refractivity contribution is 7.80. The predicted octanol–water partition coefficient (Wildman–Crippen LogP) is 0.554. The summed E-state index contributed by atoms with van der Waals surface area (Å²) in [6.07, 6.45) is 4.74. The van der Waals surface area contributed by atoms with Gasteiger partial charge in [0.05, 0.1) is 6.61 Å². The van der Waals surface area contributed by atoms with Crippen LogP contribution in [0.3, 0.4) is 0 Å². The average molecular weight is 211 g/mol. The van der Waals surface area contributed by atoms with Gasteiger partial charge in [-0.15, -0.1) is 0 Å². The van der Waals surface area contributed by atoms with Gasteiger partial charge in [0.1, 0.15) is 4.99 Å². The second-order valence-corrected chi connectivity index (χ2v) is 3.94. The van der Waals surface area contributed by atoms with E-state index in [1.807, 2.05) is 10.8 Å². The maximum absolute atomic E-state index is 5.55. The number of thiocarbonyl (C=S) groups is 1. The van der Waals surface area contributed by atoms with E-state index < -0.39 is 0 Å². The normalized spacial score (nSPS) is 21.3. The van der Waals surface area contributed by atoms with Crippen LogP contribution in [0.5, 0.6) is 0 Å². The molecule has 0 aliphatic carbocycles. The van der Waals surface area contributed by atoms with Crippen molar-refractivity contribution in [3.8, 4) is 0 Å². The van der Waals surface area contributed by atoms with Crippen molar-refractivity contribution in [3.05, 3.63) is 18.2 Å². The fourth-order valence-electron chi connectivity index (χ4n) is 1.69. The third-order valence-electron chi connectivity index (χ3n) is 2.41. The summed E-state index contributed by atoms with van der Waals surface area (Å²) in [5, 5.41) is 0. The van der Waals surface area contributed by atoms with Crippen LogP contribution < -0.4 is 5.73 Å². The zero-order valence-corrected chi connectivity index (χ0v) is 8.67. The molecule has 1 aliphatic heterocycles. The van der Waals surface area contributed by atoms with Crippen LogP contribution in [0.2, 0.25) is 0 Å². The number of imidazole rings is 1. The van der Waals surface area contributed by atoms with Crippen molar-refractivity contribution >= 4 is 17.2 Å². The molecular formula is C9H13N3OS. The Morgan fingerprint density at radius 3 is 3.29 bits per heavy atom. The van der Waals surface area contributed by atoms with E-state index in [9.17, 15) is 0 Å². The zero-order chi connectivity index (χ0) is 9.97. The lowest BCUT2D eigenvalue weighted by Gasteiger charge is -2.10. The van der Waals surface area contributed by atoms with Gasteiger partial charge in [0, 0.05) is 31.5 Å². The summed E-state index contributed by atoms with van der Waals surface area (Å²) in [4.78, 5) is 4.47. The van der Waals surface area contributed by atoms with Crippen LogP contribution in [-0.4, -0.2) is 27.8 Å². The number of hydrogen-bond acceptors (Lipinski definition) is 3. The molecule has 5 heteroatoms. The molecule has 2 N–H and O–H groups in total. The van der Waals surface area contributed by atoms with E-state index in [4.69, 9.17) is 22.7 Å². The molecular weight excluding hydrogens is 198 g/mol. The molecule has 2 heterocycles. The van der Waals surface area contributed by atoms with Crippen LogP contribution in [-0.2, 0) is 11.3 Å². The molecule has 4 nitrogen and oxygen atoms in total. The number of rotatable bonds is 3. The van der Waals surface area contributed by atoms with Crippen molar-refractivity contribution in [1.29, 1.82) is 0 Å². The van der Waals surface area contributed by atoms with Gasteiger partial charge < -0.3 is 15.0 Å². The van der Waals surface area contributed by atoms with Crippen molar-refractivity contribution in [2.24, 2.45) is 11.7 Å². The average Bonchev–Trinajstić information content (AvgIpc) is 2.75. The van der Waals surface area contributed by atoms with Crippen molar-refractivity contribution in [2.75, 3.05) is 13.2 Å². The van der Waals surface area contributed by atoms with E-state index in [1.165, 1.54) is 0 Å². The van der Waals surface area contributed by atoms with Gasteiger partial charge in [-0.25, -0.2) is 4.98 Å². The predicted molar refractivity (Wildman–Crippen MR) is 57.0 cm³/mol. The molecule has 0 saturated carbocycles. The fraction of sp³-hybridized carbons (Fsp3) is 0.556. The quantitative estimate of drug-likeness (QED) is 0.742. The molecule has 1 aromatic heterocycles. The van der Waals surface area contributed by atoms with Crippen molar-refractivity contribution in [3.63, 3.8) is 0 Å². The van der Waals surface area contributed by atoms with Crippen molar-refractivity contribution < 1.29 is 4.74 Å². The molecule has 1 unspecified atom stereocenters. The summed E-state index contributed by atoms with van der Waals surface area (Å²) in [6, 6.07) is 0. The van der Waals surface area contributed by atoms with Crippen LogP contribution in [0, 0.1) is 5.92 Å². The minimum atomic E-state index is 0.355. The maximum atomic E-state index is 5.55. The van der Waals surface area contributed by atoms with E-state index in [0.29, 0.717) is 16.7 Å². The minimum absolute atomic E-state index is 0.355. The molecule has 2 rings (SSSR count). The highest BCUT2D eigenvalue weighted by Gasteiger charge is 2.17. The topological polar surface area (TPSA) is 53.1 Å². The lowest BCUT2D eigenvalue weighted by molar-refractivity contribution is 0.182. The molecule has 0 spiro atoms. The molecule has 1 saturated heterocycles. The van der Waals surface area contributed by atoms with Crippen LogP contribution >= 0.6 is 12.2 Å². The lowest BCUT2D eigenvalue weighted by atomic mass is 10.1. The monoisotopic (exact) mass is 211 g/mol. The standard InChI is InChI=1S/C9H13N3OS/c10-8(14)9-11-2-3-12(9)5-7-1-4-13-6-7/h2-3,7H,1,4-6H2,(H2,10,14). The van der Waals surface area contributed by atoms with E-state index in [2.05, 4.69) is 4.98 Å². The first-order chi connectivity index (χ1) is 6.77. The first kappa shape index (κ1) is 9.61. The maximum Gasteiger partial charge on any atom is 0.167 e. The Balaban J connectivity index is 2.07. The van der Waals surface area contributed by atoms with Crippen LogP contribution in [0.1, 0.15) is 12.2 Å². The molecule has 76 valence electrons. The zero-order valence-electron chi connectivity index (χ0n) is 7.85. The Labute approximate surface area is 88.1 Å².